The van der Waals surface area contributed by atoms with E-state index in [1.165, 1.54) is 16.4 Å². The van der Waals surface area contributed by atoms with Crippen molar-refractivity contribution in [1.29, 1.82) is 0 Å². The van der Waals surface area contributed by atoms with Crippen LogP contribution in [0, 0.1) is 27.7 Å². The Balaban J connectivity index is 1.57. The fraction of sp³-hybridized carbons (Fsp3) is 0.286. The number of ether oxygens (including phenoxy) is 1. The van der Waals surface area contributed by atoms with Crippen LogP contribution in [0.5, 0.6) is 5.75 Å². The van der Waals surface area contributed by atoms with E-state index in [4.69, 9.17) is 10.6 Å². The van der Waals surface area contributed by atoms with Gasteiger partial charge in [-0.1, -0.05) is 36.0 Å². The van der Waals surface area contributed by atoms with E-state index in [9.17, 15) is 4.79 Å². The molecule has 0 aliphatic carbocycles. The summed E-state index contributed by atoms with van der Waals surface area (Å²) in [6, 6.07) is 11.9. The Hall–Kier alpha value is -3.00. The molecule has 29 heavy (non-hydrogen) atoms. The zero-order valence-electron chi connectivity index (χ0n) is 17.0. The molecule has 7 nitrogen and oxygen atoms in total. The van der Waals surface area contributed by atoms with Crippen LogP contribution in [0.1, 0.15) is 28.1 Å². The van der Waals surface area contributed by atoms with E-state index in [0.717, 1.165) is 33.7 Å². The molecule has 0 bridgehead atoms. The van der Waals surface area contributed by atoms with Gasteiger partial charge in [0.15, 0.2) is 5.82 Å². The number of para-hydroxylation sites is 1. The van der Waals surface area contributed by atoms with Gasteiger partial charge in [-0.2, -0.15) is 0 Å². The number of nitrogens with zero attached hydrogens (tertiary/aromatic N) is 3. The highest BCUT2D eigenvalue weighted by Gasteiger charge is 2.14. The molecule has 0 radical (unpaired) electrons. The monoisotopic (exact) mass is 411 g/mol. The smallest absolute Gasteiger partial charge is 0.234 e. The van der Waals surface area contributed by atoms with Crippen LogP contribution >= 0.6 is 11.8 Å². The molecule has 0 spiro atoms. The average molecular weight is 412 g/mol. The van der Waals surface area contributed by atoms with E-state index in [0.29, 0.717) is 11.0 Å². The predicted octanol–water partition coefficient (Wildman–Crippen LogP) is 3.54. The highest BCUT2D eigenvalue weighted by molar-refractivity contribution is 7.99. The summed E-state index contributed by atoms with van der Waals surface area (Å²) < 4.78 is 7.15. The molecule has 3 N–H and O–H groups in total. The number of nitrogen functional groups attached to an aromatic ring is 1. The molecule has 0 saturated heterocycles. The van der Waals surface area contributed by atoms with E-state index in [1.807, 2.05) is 58.0 Å². The molecule has 0 aliphatic heterocycles. The standard InChI is InChI=1S/C21H25N5O2S/c1-13-8-14(2)10-17(9-13)28-11-18-24-25-21(26(18)22)29-12-19(27)23-20-15(3)6-5-7-16(20)4/h5-10H,11-12,22H2,1-4H3,(H,23,27). The maximum absolute atomic E-state index is 12.3. The molecular formula is C21H25N5O2S. The Morgan fingerprint density at radius 2 is 1.76 bits per heavy atom. The zero-order valence-corrected chi connectivity index (χ0v) is 17.8. The highest BCUT2D eigenvalue weighted by Crippen LogP contribution is 2.21. The van der Waals surface area contributed by atoms with Crippen LogP contribution < -0.4 is 15.9 Å². The lowest BCUT2D eigenvalue weighted by atomic mass is 10.1. The molecule has 8 heteroatoms. The number of rotatable bonds is 7. The number of hydrogen-bond acceptors (Lipinski definition) is 6. The maximum atomic E-state index is 12.3. The minimum atomic E-state index is -0.122. The van der Waals surface area contributed by atoms with Crippen LogP contribution in [0.4, 0.5) is 5.69 Å². The number of aryl methyl sites for hydroxylation is 4. The number of amides is 1. The third kappa shape index (κ3) is 5.29. The molecule has 0 aliphatic rings. The van der Waals surface area contributed by atoms with Gasteiger partial charge in [0, 0.05) is 5.69 Å². The lowest BCUT2D eigenvalue weighted by Crippen LogP contribution is -2.18. The van der Waals surface area contributed by atoms with E-state index >= 15 is 0 Å². The Kier molecular flexibility index (Phi) is 6.43. The summed E-state index contributed by atoms with van der Waals surface area (Å²) in [5.41, 5.74) is 5.14. The lowest BCUT2D eigenvalue weighted by molar-refractivity contribution is -0.113. The Labute approximate surface area is 174 Å². The largest absolute Gasteiger partial charge is 0.486 e. The third-order valence-electron chi connectivity index (χ3n) is 4.38. The van der Waals surface area contributed by atoms with Crippen molar-refractivity contribution < 1.29 is 9.53 Å². The molecular weight excluding hydrogens is 386 g/mol. The number of benzene rings is 2. The summed E-state index contributed by atoms with van der Waals surface area (Å²) in [5.74, 6) is 7.38. The summed E-state index contributed by atoms with van der Waals surface area (Å²) >= 11 is 1.23. The Bertz CT molecular complexity index is 991. The van der Waals surface area contributed by atoms with Crippen LogP contribution in [0.3, 0.4) is 0 Å². The number of thioether (sulfide) groups is 1. The number of hydrogen-bond donors (Lipinski definition) is 2. The number of aromatic nitrogens is 3. The first-order valence-corrected chi connectivity index (χ1v) is 10.2. The first-order chi connectivity index (χ1) is 13.8. The van der Waals surface area contributed by atoms with Gasteiger partial charge in [0.2, 0.25) is 11.1 Å². The molecule has 1 amide bonds. The average Bonchev–Trinajstić information content (AvgIpc) is 3.00. The minimum Gasteiger partial charge on any atom is -0.486 e. The van der Waals surface area contributed by atoms with E-state index < -0.39 is 0 Å². The van der Waals surface area contributed by atoms with E-state index in [-0.39, 0.29) is 18.3 Å². The second-order valence-corrected chi connectivity index (χ2v) is 7.93. The molecule has 0 unspecified atom stereocenters. The first-order valence-electron chi connectivity index (χ1n) is 9.23. The number of carbonyl (C=O) groups is 1. The fourth-order valence-electron chi connectivity index (χ4n) is 2.99. The van der Waals surface area contributed by atoms with Gasteiger partial charge in [0.05, 0.1) is 5.75 Å². The number of anilines is 1. The van der Waals surface area contributed by atoms with Crippen molar-refractivity contribution in [3.8, 4) is 5.75 Å². The summed E-state index contributed by atoms with van der Waals surface area (Å²) in [5, 5.41) is 11.6. The van der Waals surface area contributed by atoms with Crippen molar-refractivity contribution >= 4 is 23.4 Å². The van der Waals surface area contributed by atoms with Crippen molar-refractivity contribution in [2.75, 3.05) is 16.9 Å². The Morgan fingerprint density at radius 1 is 1.10 bits per heavy atom. The molecule has 0 saturated carbocycles. The van der Waals surface area contributed by atoms with E-state index in [2.05, 4.69) is 21.6 Å². The van der Waals surface area contributed by atoms with Crippen LogP contribution in [-0.2, 0) is 11.4 Å². The van der Waals surface area contributed by atoms with Crippen molar-refractivity contribution in [3.63, 3.8) is 0 Å². The number of carbonyl (C=O) groups excluding carboxylic acids is 1. The van der Waals surface area contributed by atoms with Gasteiger partial charge >= 0.3 is 0 Å². The van der Waals surface area contributed by atoms with Gasteiger partial charge in [-0.15, -0.1) is 10.2 Å². The van der Waals surface area contributed by atoms with Crippen LogP contribution in [0.15, 0.2) is 41.6 Å². The van der Waals surface area contributed by atoms with Gasteiger partial charge in [-0.25, -0.2) is 4.68 Å². The summed E-state index contributed by atoms with van der Waals surface area (Å²) in [4.78, 5) is 12.3. The molecule has 1 heterocycles. The van der Waals surface area contributed by atoms with Crippen molar-refractivity contribution in [2.24, 2.45) is 0 Å². The summed E-state index contributed by atoms with van der Waals surface area (Å²) in [6.45, 7) is 8.16. The van der Waals surface area contributed by atoms with Crippen molar-refractivity contribution in [1.82, 2.24) is 14.9 Å². The highest BCUT2D eigenvalue weighted by atomic mass is 32.2. The quantitative estimate of drug-likeness (QED) is 0.456. The second-order valence-electron chi connectivity index (χ2n) is 6.98. The molecule has 152 valence electrons. The molecule has 2 aromatic carbocycles. The van der Waals surface area contributed by atoms with E-state index in [1.54, 1.807) is 0 Å². The summed E-state index contributed by atoms with van der Waals surface area (Å²) in [7, 11) is 0. The topological polar surface area (TPSA) is 95.1 Å². The van der Waals surface area contributed by atoms with Crippen LogP contribution in [0.25, 0.3) is 0 Å². The first kappa shape index (κ1) is 20.7. The number of nitrogens with one attached hydrogen (secondary N) is 1. The molecule has 3 rings (SSSR count). The normalized spacial score (nSPS) is 10.8. The van der Waals surface area contributed by atoms with Gasteiger partial charge < -0.3 is 15.9 Å². The molecule has 0 atom stereocenters. The zero-order chi connectivity index (χ0) is 21.0. The van der Waals surface area contributed by atoms with Crippen LogP contribution in [-0.4, -0.2) is 26.5 Å². The summed E-state index contributed by atoms with van der Waals surface area (Å²) in [6.07, 6.45) is 0. The minimum absolute atomic E-state index is 0.122. The van der Waals surface area contributed by atoms with Gasteiger partial charge in [0.1, 0.15) is 12.4 Å². The molecule has 1 aromatic heterocycles. The van der Waals surface area contributed by atoms with Crippen molar-refractivity contribution in [2.45, 2.75) is 39.5 Å². The third-order valence-corrected chi connectivity index (χ3v) is 5.32. The lowest BCUT2D eigenvalue weighted by Gasteiger charge is -2.11. The van der Waals surface area contributed by atoms with Crippen molar-refractivity contribution in [3.05, 3.63) is 64.5 Å². The SMILES string of the molecule is Cc1cc(C)cc(OCc2nnc(SCC(=O)Nc3c(C)cccc3C)n2N)c1. The van der Waals surface area contributed by atoms with Crippen LogP contribution in [0.2, 0.25) is 0 Å². The Morgan fingerprint density at radius 3 is 2.41 bits per heavy atom. The fourth-order valence-corrected chi connectivity index (χ4v) is 3.66. The van der Waals surface area contributed by atoms with Gasteiger partial charge in [-0.3, -0.25) is 4.79 Å². The predicted molar refractivity (Wildman–Crippen MR) is 116 cm³/mol. The van der Waals surface area contributed by atoms with Gasteiger partial charge in [-0.05, 0) is 62.1 Å². The van der Waals surface area contributed by atoms with Gasteiger partial charge in [0.25, 0.3) is 0 Å². The number of nitrogens with two attached hydrogens (primary N) is 1. The maximum Gasteiger partial charge on any atom is 0.234 e. The molecule has 0 fully saturated rings. The second kappa shape index (κ2) is 9.00. The molecule has 3 aromatic rings.